The van der Waals surface area contributed by atoms with Gasteiger partial charge in [-0.3, -0.25) is 4.79 Å². The second-order valence-electron chi connectivity index (χ2n) is 17.4. The van der Waals surface area contributed by atoms with Crippen LogP contribution in [0.25, 0.3) is 0 Å². The molecule has 0 radical (unpaired) electrons. The Kier molecular flexibility index (Phi) is 19.3. The number of carbonyl (C=O) groups is 2. The number of hydrogen-bond acceptors (Lipinski definition) is 11. The molecule has 0 spiro atoms. The zero-order valence-corrected chi connectivity index (χ0v) is 36.2. The summed E-state index contributed by atoms with van der Waals surface area (Å²) in [5, 5.41) is 10.6. The molecule has 1 aliphatic heterocycles. The summed E-state index contributed by atoms with van der Waals surface area (Å²) in [6.07, 6.45) is 9.27. The van der Waals surface area contributed by atoms with Gasteiger partial charge < -0.3 is 43.0 Å². The number of hydrogen-bond donors (Lipinski definition) is 1. The van der Waals surface area contributed by atoms with Gasteiger partial charge >= 0.3 is 11.9 Å². The van der Waals surface area contributed by atoms with Crippen molar-refractivity contribution < 1.29 is 52.6 Å². The maximum absolute atomic E-state index is 13.4. The highest BCUT2D eigenvalue weighted by atomic mass is 16.6. The Morgan fingerprint density at radius 3 is 1.75 bits per heavy atom. The predicted octanol–water partition coefficient (Wildman–Crippen LogP) is 7.41. The third-order valence-corrected chi connectivity index (χ3v) is 11.1. The van der Waals surface area contributed by atoms with Crippen molar-refractivity contribution in [2.45, 2.75) is 155 Å². The van der Waals surface area contributed by atoms with Gasteiger partial charge in [-0.15, -0.1) is 0 Å². The standard InChI is InChI=1S/C45H72O11/c1-12-13-14-15-16-17-18-19-20-21-27-53-38-34(49-8)36(51-10)39(37(52-11)35(38)50-9)54-28-23-25-31-24-22-26-32-33(31)41(47)56-45(32,29-46)30-55-42(48)40(43(2,3)4)44(5,6)7/h22,24,26,34-40,46H,12-21,27-30H2,1-11H3/t34-,35+,36-,37+,38?,39?,45-/m1/s1. The van der Waals surface area contributed by atoms with E-state index in [9.17, 15) is 14.7 Å². The van der Waals surface area contributed by atoms with Gasteiger partial charge in [-0.05, 0) is 23.3 Å². The molecule has 11 heteroatoms. The summed E-state index contributed by atoms with van der Waals surface area (Å²) in [6.45, 7) is 13.8. The summed E-state index contributed by atoms with van der Waals surface area (Å²) in [7, 11) is 6.46. The second-order valence-corrected chi connectivity index (χ2v) is 17.4. The maximum Gasteiger partial charge on any atom is 0.340 e. The lowest BCUT2D eigenvalue weighted by Gasteiger charge is -2.48. The molecule has 7 atom stereocenters. The van der Waals surface area contributed by atoms with Crippen LogP contribution >= 0.6 is 0 Å². The lowest BCUT2D eigenvalue weighted by molar-refractivity contribution is -0.264. The van der Waals surface area contributed by atoms with Crippen molar-refractivity contribution in [2.75, 3.05) is 54.9 Å². The van der Waals surface area contributed by atoms with Gasteiger partial charge in [0.2, 0.25) is 0 Å². The topological polar surface area (TPSA) is 128 Å². The first kappa shape index (κ1) is 47.8. The van der Waals surface area contributed by atoms with Crippen molar-refractivity contribution in [2.24, 2.45) is 16.7 Å². The van der Waals surface area contributed by atoms with Crippen LogP contribution in [0.2, 0.25) is 0 Å². The Morgan fingerprint density at radius 1 is 0.768 bits per heavy atom. The number of carbonyl (C=O) groups excluding carboxylic acids is 2. The van der Waals surface area contributed by atoms with Crippen LogP contribution in [0.1, 0.15) is 134 Å². The quantitative estimate of drug-likeness (QED) is 0.0717. The van der Waals surface area contributed by atoms with Crippen LogP contribution in [0.15, 0.2) is 18.2 Å². The lowest BCUT2D eigenvalue weighted by atomic mass is 9.67. The number of cyclic esters (lactones) is 1. The van der Waals surface area contributed by atoms with Crippen LogP contribution in [-0.2, 0) is 48.3 Å². The molecule has 1 heterocycles. The van der Waals surface area contributed by atoms with Crippen LogP contribution < -0.4 is 0 Å². The van der Waals surface area contributed by atoms with Crippen LogP contribution in [0.3, 0.4) is 0 Å². The fourth-order valence-corrected chi connectivity index (χ4v) is 8.74. The SMILES string of the molecule is CCCCCCCCCCCCOC1[C@@H](OC)[C@H](OC)C(OCC#Cc2cccc3c2C(=O)O[C@]3(CO)COC(=O)C(C(C)(C)C)C(C)(C)C)[C@H](OC)[C@H]1OC. The molecule has 2 unspecified atom stereocenters. The molecule has 11 nitrogen and oxygen atoms in total. The van der Waals surface area contributed by atoms with Crippen molar-refractivity contribution in [3.8, 4) is 11.8 Å². The summed E-state index contributed by atoms with van der Waals surface area (Å²) in [6, 6.07) is 5.13. The van der Waals surface area contributed by atoms with Gasteiger partial charge in [0.15, 0.2) is 5.60 Å². The number of aliphatic hydroxyl groups is 1. The molecule has 3 rings (SSSR count). The number of unbranched alkanes of at least 4 members (excludes halogenated alkanes) is 9. The second kappa shape index (κ2) is 22.6. The van der Waals surface area contributed by atoms with E-state index in [1.165, 1.54) is 51.4 Å². The van der Waals surface area contributed by atoms with Gasteiger partial charge in [-0.2, -0.15) is 0 Å². The smallest absolute Gasteiger partial charge is 0.340 e. The van der Waals surface area contributed by atoms with Crippen LogP contribution in [0, 0.1) is 28.6 Å². The normalized spacial score (nSPS) is 25.1. The van der Waals surface area contributed by atoms with Crippen molar-refractivity contribution in [1.29, 1.82) is 0 Å². The molecule has 1 aromatic carbocycles. The minimum Gasteiger partial charge on any atom is -0.461 e. The van der Waals surface area contributed by atoms with Gasteiger partial charge in [0.05, 0.1) is 18.1 Å². The Morgan fingerprint density at radius 2 is 1.27 bits per heavy atom. The number of methoxy groups -OCH3 is 4. The molecule has 1 N–H and O–H groups in total. The molecular formula is C45H72O11. The monoisotopic (exact) mass is 789 g/mol. The van der Waals surface area contributed by atoms with E-state index in [0.717, 1.165) is 12.8 Å². The Hall–Kier alpha value is -2.56. The van der Waals surface area contributed by atoms with E-state index in [0.29, 0.717) is 17.7 Å². The van der Waals surface area contributed by atoms with Gasteiger partial charge in [-0.1, -0.05) is 130 Å². The maximum atomic E-state index is 13.4. The summed E-state index contributed by atoms with van der Waals surface area (Å²) in [5.41, 5.74) is -1.27. The highest BCUT2D eigenvalue weighted by molar-refractivity contribution is 5.97. The molecule has 0 amide bonds. The average molecular weight is 789 g/mol. The number of aliphatic hydroxyl groups excluding tert-OH is 1. The summed E-state index contributed by atoms with van der Waals surface area (Å²) in [5.74, 6) is 4.58. The van der Waals surface area contributed by atoms with E-state index >= 15 is 0 Å². The molecule has 0 bridgehead atoms. The molecule has 1 fully saturated rings. The summed E-state index contributed by atoms with van der Waals surface area (Å²) >= 11 is 0. The molecule has 0 aromatic heterocycles. The molecular weight excluding hydrogens is 716 g/mol. The fraction of sp³-hybridized carbons (Fsp3) is 0.778. The molecule has 0 saturated heterocycles. The third-order valence-electron chi connectivity index (χ3n) is 11.1. The Labute approximate surface area is 337 Å². The first-order valence-corrected chi connectivity index (χ1v) is 20.6. The van der Waals surface area contributed by atoms with Crippen molar-refractivity contribution >= 4 is 11.9 Å². The molecule has 1 aromatic rings. The van der Waals surface area contributed by atoms with Crippen LogP contribution in [-0.4, -0.2) is 109 Å². The zero-order valence-electron chi connectivity index (χ0n) is 36.2. The van der Waals surface area contributed by atoms with Crippen molar-refractivity contribution in [1.82, 2.24) is 0 Å². The molecule has 2 aliphatic rings. The lowest BCUT2D eigenvalue weighted by Crippen LogP contribution is -2.67. The summed E-state index contributed by atoms with van der Waals surface area (Å²) < 4.78 is 48.1. The van der Waals surface area contributed by atoms with E-state index in [1.54, 1.807) is 46.6 Å². The minimum atomic E-state index is -1.55. The number of fused-ring (bicyclic) bond motifs is 1. The molecule has 1 aliphatic carbocycles. The summed E-state index contributed by atoms with van der Waals surface area (Å²) in [4.78, 5) is 26.7. The third kappa shape index (κ3) is 12.2. The number of ether oxygens (including phenoxy) is 8. The van der Waals surface area contributed by atoms with E-state index in [4.69, 9.17) is 37.9 Å². The van der Waals surface area contributed by atoms with E-state index in [2.05, 4.69) is 18.8 Å². The fourth-order valence-electron chi connectivity index (χ4n) is 8.74. The largest absolute Gasteiger partial charge is 0.461 e. The van der Waals surface area contributed by atoms with E-state index in [1.807, 2.05) is 41.5 Å². The van der Waals surface area contributed by atoms with Crippen molar-refractivity contribution in [3.05, 3.63) is 34.9 Å². The van der Waals surface area contributed by atoms with Gasteiger partial charge in [0, 0.05) is 46.2 Å². The average Bonchev–Trinajstić information content (AvgIpc) is 3.44. The van der Waals surface area contributed by atoms with Crippen molar-refractivity contribution in [3.63, 3.8) is 0 Å². The number of benzene rings is 1. The van der Waals surface area contributed by atoms with E-state index in [-0.39, 0.29) is 29.6 Å². The highest BCUT2D eigenvalue weighted by Gasteiger charge is 2.54. The number of rotatable bonds is 22. The number of esters is 2. The van der Waals surface area contributed by atoms with Gasteiger partial charge in [0.25, 0.3) is 0 Å². The first-order valence-electron chi connectivity index (χ1n) is 20.6. The van der Waals surface area contributed by atoms with Gasteiger partial charge in [0.1, 0.15) is 49.8 Å². The zero-order chi connectivity index (χ0) is 41.5. The highest BCUT2D eigenvalue weighted by Crippen LogP contribution is 2.43. The predicted molar refractivity (Wildman–Crippen MR) is 215 cm³/mol. The first-order chi connectivity index (χ1) is 26.6. The molecule has 318 valence electrons. The van der Waals surface area contributed by atoms with Gasteiger partial charge in [-0.25, -0.2) is 4.79 Å². The minimum absolute atomic E-state index is 0.0240. The van der Waals surface area contributed by atoms with E-state index < -0.39 is 66.7 Å². The molecule has 1 saturated carbocycles. The molecule has 56 heavy (non-hydrogen) atoms. The Balaban J connectivity index is 1.68. The van der Waals surface area contributed by atoms with Crippen LogP contribution in [0.4, 0.5) is 0 Å². The van der Waals surface area contributed by atoms with Crippen LogP contribution in [0.5, 0.6) is 0 Å². The Bertz CT molecular complexity index is 1390.